The summed E-state index contributed by atoms with van der Waals surface area (Å²) in [6.45, 7) is 4.20. The Bertz CT molecular complexity index is 601. The van der Waals surface area contributed by atoms with Gasteiger partial charge in [0.15, 0.2) is 5.82 Å². The minimum absolute atomic E-state index is 0.128. The fourth-order valence-corrected chi connectivity index (χ4v) is 3.26. The van der Waals surface area contributed by atoms with E-state index in [0.717, 1.165) is 21.5 Å². The number of nitrogens with zero attached hydrogens (tertiary/aromatic N) is 1. The van der Waals surface area contributed by atoms with E-state index in [4.69, 9.17) is 11.6 Å². The molecule has 6 heteroatoms. The van der Waals surface area contributed by atoms with Gasteiger partial charge < -0.3 is 4.98 Å². The standard InChI is InChI=1S/C12H12BrClN2OS/c1-6(2)3-7-4-10(17)16-12(15-7)9-5-8(13)11(14)18-9/h4-6H,3H2,1-2H3,(H,15,16,17). The van der Waals surface area contributed by atoms with E-state index in [0.29, 0.717) is 16.1 Å². The molecule has 0 aromatic carbocycles. The highest BCUT2D eigenvalue weighted by atomic mass is 79.9. The third kappa shape index (κ3) is 3.22. The van der Waals surface area contributed by atoms with Crippen LogP contribution < -0.4 is 5.56 Å². The van der Waals surface area contributed by atoms with Crippen molar-refractivity contribution in [3.63, 3.8) is 0 Å². The van der Waals surface area contributed by atoms with Crippen LogP contribution in [0.15, 0.2) is 21.4 Å². The Morgan fingerprint density at radius 2 is 2.22 bits per heavy atom. The summed E-state index contributed by atoms with van der Waals surface area (Å²) < 4.78 is 1.47. The predicted molar refractivity (Wildman–Crippen MR) is 79.4 cm³/mol. The lowest BCUT2D eigenvalue weighted by molar-refractivity contribution is 0.634. The van der Waals surface area contributed by atoms with Gasteiger partial charge in [-0.3, -0.25) is 4.79 Å². The van der Waals surface area contributed by atoms with Crippen LogP contribution in [0.1, 0.15) is 19.5 Å². The normalized spacial score (nSPS) is 11.2. The molecule has 0 radical (unpaired) electrons. The molecule has 0 atom stereocenters. The summed E-state index contributed by atoms with van der Waals surface area (Å²) in [5, 5.41) is 0. The van der Waals surface area contributed by atoms with Crippen molar-refractivity contribution < 1.29 is 0 Å². The molecule has 0 aliphatic carbocycles. The van der Waals surface area contributed by atoms with Crippen LogP contribution in [0.4, 0.5) is 0 Å². The number of aromatic amines is 1. The van der Waals surface area contributed by atoms with Gasteiger partial charge in [-0.15, -0.1) is 11.3 Å². The molecule has 0 saturated heterocycles. The Morgan fingerprint density at radius 1 is 1.50 bits per heavy atom. The number of halogens is 2. The third-order valence-corrected chi connectivity index (χ3v) is 4.77. The first-order chi connectivity index (χ1) is 8.45. The van der Waals surface area contributed by atoms with E-state index in [1.807, 2.05) is 6.07 Å². The second-order valence-corrected chi connectivity index (χ2v) is 6.92. The van der Waals surface area contributed by atoms with Crippen molar-refractivity contribution in [3.8, 4) is 10.7 Å². The monoisotopic (exact) mass is 346 g/mol. The molecule has 2 heterocycles. The Balaban J connectivity index is 2.44. The Labute approximate surface area is 122 Å². The molecule has 0 aliphatic heterocycles. The molecule has 96 valence electrons. The summed E-state index contributed by atoms with van der Waals surface area (Å²) in [4.78, 5) is 19.7. The van der Waals surface area contributed by atoms with Gasteiger partial charge >= 0.3 is 0 Å². The van der Waals surface area contributed by atoms with Crippen LogP contribution in [0.3, 0.4) is 0 Å². The van der Waals surface area contributed by atoms with Crippen molar-refractivity contribution in [1.82, 2.24) is 9.97 Å². The molecule has 0 bridgehead atoms. The summed E-state index contributed by atoms with van der Waals surface area (Å²) >= 11 is 10.7. The van der Waals surface area contributed by atoms with Crippen molar-refractivity contribution >= 4 is 38.9 Å². The van der Waals surface area contributed by atoms with Crippen molar-refractivity contribution in [2.45, 2.75) is 20.3 Å². The topological polar surface area (TPSA) is 45.8 Å². The third-order valence-electron chi connectivity index (χ3n) is 2.29. The molecule has 0 spiro atoms. The first kappa shape index (κ1) is 13.8. The van der Waals surface area contributed by atoms with E-state index < -0.39 is 0 Å². The maximum absolute atomic E-state index is 11.6. The number of thiophene rings is 1. The highest BCUT2D eigenvalue weighted by Gasteiger charge is 2.10. The molecule has 2 aromatic rings. The maximum atomic E-state index is 11.6. The Hall–Kier alpha value is -0.650. The molecule has 1 N–H and O–H groups in total. The van der Waals surface area contributed by atoms with Gasteiger partial charge in [0.05, 0.1) is 4.88 Å². The van der Waals surface area contributed by atoms with E-state index in [1.165, 1.54) is 11.3 Å². The summed E-state index contributed by atoms with van der Waals surface area (Å²) in [6, 6.07) is 3.41. The van der Waals surface area contributed by atoms with Crippen LogP contribution >= 0.6 is 38.9 Å². The van der Waals surface area contributed by atoms with Crippen LogP contribution in [-0.4, -0.2) is 9.97 Å². The first-order valence-corrected chi connectivity index (χ1v) is 7.50. The zero-order chi connectivity index (χ0) is 13.3. The number of hydrogen-bond donors (Lipinski definition) is 1. The van der Waals surface area contributed by atoms with Crippen LogP contribution in [-0.2, 0) is 6.42 Å². The van der Waals surface area contributed by atoms with Gasteiger partial charge in [-0.1, -0.05) is 25.4 Å². The van der Waals surface area contributed by atoms with Crippen molar-refractivity contribution in [3.05, 3.63) is 37.0 Å². The van der Waals surface area contributed by atoms with Crippen LogP contribution in [0.25, 0.3) is 10.7 Å². The molecule has 2 rings (SSSR count). The number of rotatable bonds is 3. The van der Waals surface area contributed by atoms with Gasteiger partial charge in [-0.05, 0) is 34.3 Å². The lowest BCUT2D eigenvalue weighted by atomic mass is 10.1. The van der Waals surface area contributed by atoms with E-state index in [1.54, 1.807) is 6.07 Å². The summed E-state index contributed by atoms with van der Waals surface area (Å²) in [5.74, 6) is 1.04. The largest absolute Gasteiger partial charge is 0.306 e. The molecule has 0 saturated carbocycles. The van der Waals surface area contributed by atoms with E-state index >= 15 is 0 Å². The van der Waals surface area contributed by atoms with Crippen LogP contribution in [0.5, 0.6) is 0 Å². The van der Waals surface area contributed by atoms with E-state index in [2.05, 4.69) is 39.7 Å². The minimum atomic E-state index is -0.128. The SMILES string of the molecule is CC(C)Cc1cc(=O)[nH]c(-c2cc(Br)c(Cl)s2)n1. The van der Waals surface area contributed by atoms with Gasteiger partial charge in [0.2, 0.25) is 0 Å². The van der Waals surface area contributed by atoms with Crippen LogP contribution in [0, 0.1) is 5.92 Å². The van der Waals surface area contributed by atoms with Gasteiger partial charge in [-0.2, -0.15) is 0 Å². The predicted octanol–water partition coefficient (Wildman–Crippen LogP) is 4.11. The van der Waals surface area contributed by atoms with Gasteiger partial charge in [0, 0.05) is 16.2 Å². The summed E-state index contributed by atoms with van der Waals surface area (Å²) in [7, 11) is 0. The van der Waals surface area contributed by atoms with Crippen molar-refractivity contribution in [1.29, 1.82) is 0 Å². The highest BCUT2D eigenvalue weighted by Crippen LogP contribution is 2.36. The van der Waals surface area contributed by atoms with Crippen molar-refractivity contribution in [2.24, 2.45) is 5.92 Å². The Morgan fingerprint density at radius 3 is 2.78 bits per heavy atom. The van der Waals surface area contributed by atoms with Crippen LogP contribution in [0.2, 0.25) is 4.34 Å². The fourth-order valence-electron chi connectivity index (χ4n) is 1.61. The molecule has 18 heavy (non-hydrogen) atoms. The first-order valence-electron chi connectivity index (χ1n) is 5.51. The van der Waals surface area contributed by atoms with E-state index in [9.17, 15) is 4.79 Å². The number of hydrogen-bond acceptors (Lipinski definition) is 3. The number of aromatic nitrogens is 2. The molecule has 0 amide bonds. The molecule has 0 unspecified atom stereocenters. The zero-order valence-electron chi connectivity index (χ0n) is 9.96. The maximum Gasteiger partial charge on any atom is 0.251 e. The second-order valence-electron chi connectivity index (χ2n) is 4.42. The molecule has 0 aliphatic rings. The van der Waals surface area contributed by atoms with Gasteiger partial charge in [0.25, 0.3) is 5.56 Å². The average molecular weight is 348 g/mol. The quantitative estimate of drug-likeness (QED) is 0.908. The van der Waals surface area contributed by atoms with Gasteiger partial charge in [-0.25, -0.2) is 4.98 Å². The molecule has 3 nitrogen and oxygen atoms in total. The summed E-state index contributed by atoms with van der Waals surface area (Å²) in [6.07, 6.45) is 0.789. The summed E-state index contributed by atoms with van der Waals surface area (Å²) in [5.41, 5.74) is 0.681. The minimum Gasteiger partial charge on any atom is -0.306 e. The zero-order valence-corrected chi connectivity index (χ0v) is 13.1. The lowest BCUT2D eigenvalue weighted by Crippen LogP contribution is -2.11. The number of nitrogens with one attached hydrogen (secondary N) is 1. The van der Waals surface area contributed by atoms with Crippen molar-refractivity contribution in [2.75, 3.05) is 0 Å². The highest BCUT2D eigenvalue weighted by molar-refractivity contribution is 9.10. The smallest absolute Gasteiger partial charge is 0.251 e. The lowest BCUT2D eigenvalue weighted by Gasteiger charge is -2.05. The van der Waals surface area contributed by atoms with E-state index in [-0.39, 0.29) is 5.56 Å². The average Bonchev–Trinajstić information content (AvgIpc) is 2.57. The Kier molecular flexibility index (Phi) is 4.25. The molecular weight excluding hydrogens is 336 g/mol. The fraction of sp³-hybridized carbons (Fsp3) is 0.333. The molecular formula is C12H12BrClN2OS. The second kappa shape index (κ2) is 5.55. The molecule has 2 aromatic heterocycles. The molecule has 0 fully saturated rings. The van der Waals surface area contributed by atoms with Gasteiger partial charge in [0.1, 0.15) is 4.34 Å². The number of H-pyrrole nitrogens is 1.